The van der Waals surface area contributed by atoms with Crippen molar-refractivity contribution in [3.63, 3.8) is 0 Å². The van der Waals surface area contributed by atoms with Crippen LogP contribution in [0.15, 0.2) is 0 Å². The zero-order chi connectivity index (χ0) is 8.84. The zero-order valence-corrected chi connectivity index (χ0v) is 8.17. The molecule has 0 amide bonds. The predicted octanol–water partition coefficient (Wildman–Crippen LogP) is 2.79. The first-order chi connectivity index (χ1) is 6.36. The predicted molar refractivity (Wildman–Crippen MR) is 51.3 cm³/mol. The molecule has 3 unspecified atom stereocenters. The van der Waals surface area contributed by atoms with Crippen LogP contribution >= 0.6 is 0 Å². The number of hydrogen-bond donors (Lipinski definition) is 0. The van der Waals surface area contributed by atoms with Gasteiger partial charge in [-0.1, -0.05) is 12.8 Å². The van der Waals surface area contributed by atoms with Crippen LogP contribution < -0.4 is 0 Å². The molecule has 3 rings (SSSR count). The summed E-state index contributed by atoms with van der Waals surface area (Å²) in [6.45, 7) is 0. The molecule has 0 heterocycles. The highest BCUT2D eigenvalue weighted by atomic mass is 16.1. The fourth-order valence-corrected chi connectivity index (χ4v) is 4.04. The lowest BCUT2D eigenvalue weighted by molar-refractivity contribution is -0.127. The summed E-state index contributed by atoms with van der Waals surface area (Å²) < 4.78 is 0. The molecule has 13 heavy (non-hydrogen) atoms. The first-order valence-corrected chi connectivity index (χ1v) is 5.90. The second-order valence-corrected chi connectivity index (χ2v) is 5.24. The maximum Gasteiger partial charge on any atom is 0.139 e. The second-order valence-electron chi connectivity index (χ2n) is 5.24. The first kappa shape index (κ1) is 8.02. The molecule has 0 aromatic carbocycles. The third-order valence-electron chi connectivity index (χ3n) is 4.62. The van der Waals surface area contributed by atoms with E-state index in [2.05, 4.69) is 0 Å². The molecule has 0 spiro atoms. The van der Waals surface area contributed by atoms with E-state index in [4.69, 9.17) is 0 Å². The molecule has 0 aromatic heterocycles. The molecule has 72 valence electrons. The molecular weight excluding hydrogens is 160 g/mol. The molecule has 0 N–H and O–H groups in total. The third kappa shape index (κ3) is 1.09. The van der Waals surface area contributed by atoms with Crippen molar-refractivity contribution >= 4 is 5.78 Å². The second kappa shape index (κ2) is 2.83. The number of ketones is 1. The van der Waals surface area contributed by atoms with Gasteiger partial charge < -0.3 is 0 Å². The molecule has 0 saturated heterocycles. The molecule has 3 atom stereocenters. The van der Waals surface area contributed by atoms with E-state index in [1.165, 1.54) is 44.9 Å². The highest BCUT2D eigenvalue weighted by Gasteiger charge is 2.49. The summed E-state index contributed by atoms with van der Waals surface area (Å²) in [6, 6.07) is 0. The van der Waals surface area contributed by atoms with Crippen LogP contribution in [0, 0.1) is 23.7 Å². The number of carbonyl (C=O) groups excluding carboxylic acids is 1. The van der Waals surface area contributed by atoms with Crippen LogP contribution in [0.2, 0.25) is 0 Å². The highest BCUT2D eigenvalue weighted by Crippen LogP contribution is 2.51. The van der Waals surface area contributed by atoms with E-state index in [0.29, 0.717) is 17.6 Å². The highest BCUT2D eigenvalue weighted by molar-refractivity contribution is 5.87. The lowest BCUT2D eigenvalue weighted by atomic mass is 9.78. The number of rotatable bonds is 1. The minimum atomic E-state index is 0.496. The third-order valence-corrected chi connectivity index (χ3v) is 4.62. The Balaban J connectivity index is 1.79. The molecule has 0 radical (unpaired) electrons. The molecule has 2 bridgehead atoms. The molecule has 1 nitrogen and oxygen atoms in total. The smallest absolute Gasteiger partial charge is 0.139 e. The summed E-state index contributed by atoms with van der Waals surface area (Å²) in [5.41, 5.74) is 0. The van der Waals surface area contributed by atoms with Crippen molar-refractivity contribution in [3.05, 3.63) is 0 Å². The normalized spacial score (nSPS) is 44.9. The minimum absolute atomic E-state index is 0.496. The van der Waals surface area contributed by atoms with Crippen LogP contribution in [0.4, 0.5) is 0 Å². The summed E-state index contributed by atoms with van der Waals surface area (Å²) in [6.07, 6.45) is 9.28. The van der Waals surface area contributed by atoms with Gasteiger partial charge in [0.2, 0.25) is 0 Å². The Labute approximate surface area is 79.9 Å². The lowest BCUT2D eigenvalue weighted by Crippen LogP contribution is -2.27. The minimum Gasteiger partial charge on any atom is -0.299 e. The van der Waals surface area contributed by atoms with Crippen molar-refractivity contribution < 1.29 is 4.79 Å². The van der Waals surface area contributed by atoms with Crippen LogP contribution in [-0.4, -0.2) is 5.78 Å². The van der Waals surface area contributed by atoms with Crippen LogP contribution in [0.1, 0.15) is 44.9 Å². The van der Waals surface area contributed by atoms with Crippen LogP contribution in [0.25, 0.3) is 0 Å². The Hall–Kier alpha value is -0.330. The Bertz CT molecular complexity index is 227. The van der Waals surface area contributed by atoms with Crippen molar-refractivity contribution in [2.75, 3.05) is 0 Å². The molecule has 3 saturated carbocycles. The van der Waals surface area contributed by atoms with Gasteiger partial charge >= 0.3 is 0 Å². The van der Waals surface area contributed by atoms with Crippen molar-refractivity contribution in [3.8, 4) is 0 Å². The molecule has 3 fully saturated rings. The van der Waals surface area contributed by atoms with E-state index in [-0.39, 0.29) is 0 Å². The van der Waals surface area contributed by atoms with Gasteiger partial charge in [-0.2, -0.15) is 0 Å². The summed E-state index contributed by atoms with van der Waals surface area (Å²) >= 11 is 0. The first-order valence-electron chi connectivity index (χ1n) is 5.90. The number of Topliss-reactive ketones (excluding diaryl/α,β-unsaturated/α-hetero) is 1. The molecule has 3 aliphatic carbocycles. The summed E-state index contributed by atoms with van der Waals surface area (Å²) in [5.74, 6) is 3.27. The Morgan fingerprint density at radius 2 is 1.69 bits per heavy atom. The van der Waals surface area contributed by atoms with Gasteiger partial charge in [0.15, 0.2) is 0 Å². The molecule has 1 heteroatoms. The average Bonchev–Trinajstić information content (AvgIpc) is 2.76. The molecule has 0 aromatic rings. The quantitative estimate of drug-likeness (QED) is 0.603. The van der Waals surface area contributed by atoms with E-state index in [9.17, 15) is 4.79 Å². The summed E-state index contributed by atoms with van der Waals surface area (Å²) in [7, 11) is 0. The van der Waals surface area contributed by atoms with Gasteiger partial charge in [-0.25, -0.2) is 0 Å². The van der Waals surface area contributed by atoms with Gasteiger partial charge in [-0.15, -0.1) is 0 Å². The fraction of sp³-hybridized carbons (Fsp3) is 0.917. The van der Waals surface area contributed by atoms with E-state index in [0.717, 1.165) is 11.8 Å². The fourth-order valence-electron chi connectivity index (χ4n) is 4.04. The summed E-state index contributed by atoms with van der Waals surface area (Å²) in [5, 5.41) is 0. The Morgan fingerprint density at radius 1 is 0.923 bits per heavy atom. The Morgan fingerprint density at radius 3 is 2.31 bits per heavy atom. The van der Waals surface area contributed by atoms with E-state index in [1.54, 1.807) is 0 Å². The van der Waals surface area contributed by atoms with Crippen LogP contribution in [-0.2, 0) is 4.79 Å². The lowest BCUT2D eigenvalue weighted by Gasteiger charge is -2.25. The SMILES string of the molecule is O=C1C2CCC(C2)C1C1CCCC1. The van der Waals surface area contributed by atoms with Crippen molar-refractivity contribution in [1.29, 1.82) is 0 Å². The van der Waals surface area contributed by atoms with Crippen molar-refractivity contribution in [2.24, 2.45) is 23.7 Å². The summed E-state index contributed by atoms with van der Waals surface area (Å²) in [4.78, 5) is 12.0. The maximum atomic E-state index is 12.0. The van der Waals surface area contributed by atoms with E-state index < -0.39 is 0 Å². The maximum absolute atomic E-state index is 12.0. The zero-order valence-electron chi connectivity index (χ0n) is 8.17. The van der Waals surface area contributed by atoms with Crippen molar-refractivity contribution in [1.82, 2.24) is 0 Å². The van der Waals surface area contributed by atoms with Gasteiger partial charge in [0.05, 0.1) is 0 Å². The molecular formula is C12H18O. The van der Waals surface area contributed by atoms with E-state index >= 15 is 0 Å². The van der Waals surface area contributed by atoms with Gasteiger partial charge in [0.25, 0.3) is 0 Å². The van der Waals surface area contributed by atoms with E-state index in [1.807, 2.05) is 0 Å². The van der Waals surface area contributed by atoms with Crippen LogP contribution in [0.5, 0.6) is 0 Å². The standard InChI is InChI=1S/C12H18O/c13-12-10-6-5-9(7-10)11(12)8-3-1-2-4-8/h8-11H,1-7H2. The van der Waals surface area contributed by atoms with Crippen molar-refractivity contribution in [2.45, 2.75) is 44.9 Å². The monoisotopic (exact) mass is 178 g/mol. The van der Waals surface area contributed by atoms with Gasteiger partial charge in [-0.05, 0) is 43.9 Å². The molecule has 3 aliphatic rings. The Kier molecular flexibility index (Phi) is 1.75. The van der Waals surface area contributed by atoms with Gasteiger partial charge in [-0.3, -0.25) is 4.79 Å². The topological polar surface area (TPSA) is 17.1 Å². The van der Waals surface area contributed by atoms with Gasteiger partial charge in [0.1, 0.15) is 5.78 Å². The number of hydrogen-bond acceptors (Lipinski definition) is 1. The number of carbonyl (C=O) groups is 1. The average molecular weight is 178 g/mol. The molecule has 0 aliphatic heterocycles. The van der Waals surface area contributed by atoms with Gasteiger partial charge in [0, 0.05) is 11.8 Å². The largest absolute Gasteiger partial charge is 0.299 e. The number of fused-ring (bicyclic) bond motifs is 2. The van der Waals surface area contributed by atoms with Crippen LogP contribution in [0.3, 0.4) is 0 Å².